The van der Waals surface area contributed by atoms with E-state index in [2.05, 4.69) is 4.72 Å². The van der Waals surface area contributed by atoms with E-state index in [0.717, 1.165) is 12.8 Å². The lowest BCUT2D eigenvalue weighted by Crippen LogP contribution is -2.46. The minimum Gasteiger partial charge on any atom is -0.385 e. The second-order valence-electron chi connectivity index (χ2n) is 5.02. The number of rotatable bonds is 8. The Labute approximate surface area is 123 Å². The molecular formula is C12H27ClN2O3S. The Bertz CT molecular complexity index is 319. The molecule has 1 aliphatic carbocycles. The number of hydrogen-bond donors (Lipinski definition) is 2. The van der Waals surface area contributed by atoms with E-state index in [4.69, 9.17) is 10.5 Å². The summed E-state index contributed by atoms with van der Waals surface area (Å²) in [5, 5.41) is 0. The summed E-state index contributed by atoms with van der Waals surface area (Å²) in [4.78, 5) is 0. The van der Waals surface area contributed by atoms with Gasteiger partial charge in [-0.15, -0.1) is 12.4 Å². The number of nitrogens with two attached hydrogens (primary N) is 1. The van der Waals surface area contributed by atoms with Gasteiger partial charge in [-0.1, -0.05) is 19.3 Å². The molecule has 19 heavy (non-hydrogen) atoms. The van der Waals surface area contributed by atoms with Crippen LogP contribution in [0.15, 0.2) is 0 Å². The zero-order valence-electron chi connectivity index (χ0n) is 11.6. The Hall–Kier alpha value is 0.120. The third-order valence-electron chi connectivity index (χ3n) is 3.57. The average molecular weight is 315 g/mol. The molecule has 0 spiro atoms. The topological polar surface area (TPSA) is 81.4 Å². The number of sulfonamides is 1. The number of methoxy groups -OCH3 is 1. The van der Waals surface area contributed by atoms with Gasteiger partial charge in [-0.05, 0) is 25.2 Å². The van der Waals surface area contributed by atoms with E-state index in [0.29, 0.717) is 25.5 Å². The van der Waals surface area contributed by atoms with Crippen molar-refractivity contribution in [3.63, 3.8) is 0 Å². The first kappa shape index (κ1) is 19.1. The van der Waals surface area contributed by atoms with Crippen molar-refractivity contribution in [1.29, 1.82) is 0 Å². The van der Waals surface area contributed by atoms with Crippen LogP contribution in [0.2, 0.25) is 0 Å². The molecule has 0 saturated heterocycles. The molecule has 0 aliphatic heterocycles. The van der Waals surface area contributed by atoms with Gasteiger partial charge in [0.2, 0.25) is 10.0 Å². The summed E-state index contributed by atoms with van der Waals surface area (Å²) in [5.74, 6) is 0.519. The van der Waals surface area contributed by atoms with Crippen molar-refractivity contribution >= 4 is 22.4 Å². The third-order valence-corrected chi connectivity index (χ3v) is 5.05. The van der Waals surface area contributed by atoms with Crippen LogP contribution in [0.3, 0.4) is 0 Å². The maximum Gasteiger partial charge on any atom is 0.211 e. The van der Waals surface area contributed by atoms with Crippen molar-refractivity contribution in [2.75, 3.05) is 26.0 Å². The van der Waals surface area contributed by atoms with Crippen LogP contribution in [0.5, 0.6) is 0 Å². The summed E-state index contributed by atoms with van der Waals surface area (Å²) in [6.45, 7) is 0.853. The lowest BCUT2D eigenvalue weighted by Gasteiger charge is -2.29. The molecule has 5 nitrogen and oxygen atoms in total. The van der Waals surface area contributed by atoms with Crippen LogP contribution in [0.1, 0.15) is 38.5 Å². The SMILES string of the molecule is COCCCS(=O)(=O)NC(CN)C1CCCCC1.Cl. The highest BCUT2D eigenvalue weighted by Crippen LogP contribution is 2.26. The van der Waals surface area contributed by atoms with Crippen molar-refractivity contribution < 1.29 is 13.2 Å². The van der Waals surface area contributed by atoms with Crippen molar-refractivity contribution in [3.05, 3.63) is 0 Å². The monoisotopic (exact) mass is 314 g/mol. The second-order valence-corrected chi connectivity index (χ2v) is 6.90. The predicted octanol–water partition coefficient (Wildman–Crippen LogP) is 1.27. The van der Waals surface area contributed by atoms with Gasteiger partial charge >= 0.3 is 0 Å². The minimum atomic E-state index is -3.22. The first-order chi connectivity index (χ1) is 8.59. The van der Waals surface area contributed by atoms with E-state index >= 15 is 0 Å². The first-order valence-electron chi connectivity index (χ1n) is 6.78. The Morgan fingerprint density at radius 3 is 2.47 bits per heavy atom. The molecule has 1 fully saturated rings. The van der Waals surface area contributed by atoms with E-state index in [1.54, 1.807) is 7.11 Å². The molecule has 1 unspecified atom stereocenters. The highest BCUT2D eigenvalue weighted by molar-refractivity contribution is 7.89. The molecule has 3 N–H and O–H groups in total. The Morgan fingerprint density at radius 2 is 1.95 bits per heavy atom. The second kappa shape index (κ2) is 9.94. The molecule has 1 saturated carbocycles. The molecule has 0 aromatic carbocycles. The van der Waals surface area contributed by atoms with Gasteiger partial charge in [0, 0.05) is 26.3 Å². The molecule has 0 bridgehead atoms. The summed E-state index contributed by atoms with van der Waals surface area (Å²) in [7, 11) is -1.65. The fraction of sp³-hybridized carbons (Fsp3) is 1.00. The number of hydrogen-bond acceptors (Lipinski definition) is 4. The van der Waals surface area contributed by atoms with Crippen molar-refractivity contribution in [1.82, 2.24) is 4.72 Å². The largest absolute Gasteiger partial charge is 0.385 e. The average Bonchev–Trinajstić information content (AvgIpc) is 2.37. The maximum atomic E-state index is 11.9. The molecule has 7 heteroatoms. The van der Waals surface area contributed by atoms with Crippen LogP contribution < -0.4 is 10.5 Å². The summed E-state index contributed by atoms with van der Waals surface area (Å²) in [5.41, 5.74) is 5.71. The molecule has 116 valence electrons. The zero-order valence-corrected chi connectivity index (χ0v) is 13.3. The standard InChI is InChI=1S/C12H26N2O3S.ClH/c1-17-8-5-9-18(15,16)14-12(10-13)11-6-3-2-4-7-11;/h11-12,14H,2-10,13H2,1H3;1H. The summed E-state index contributed by atoms with van der Waals surface area (Å²) >= 11 is 0. The van der Waals surface area contributed by atoms with Gasteiger partial charge in [0.15, 0.2) is 0 Å². The third kappa shape index (κ3) is 7.46. The highest BCUT2D eigenvalue weighted by Gasteiger charge is 2.26. The molecule has 0 amide bonds. The van der Waals surface area contributed by atoms with Gasteiger partial charge in [0.1, 0.15) is 0 Å². The van der Waals surface area contributed by atoms with Crippen LogP contribution in [0, 0.1) is 5.92 Å². The smallest absolute Gasteiger partial charge is 0.211 e. The van der Waals surface area contributed by atoms with E-state index in [9.17, 15) is 8.42 Å². The minimum absolute atomic E-state index is 0. The normalized spacial score (nSPS) is 18.8. The number of halogens is 1. The molecule has 0 heterocycles. The number of ether oxygens (including phenoxy) is 1. The van der Waals surface area contributed by atoms with E-state index in [-0.39, 0.29) is 24.2 Å². The Morgan fingerprint density at radius 1 is 1.32 bits per heavy atom. The molecule has 1 rings (SSSR count). The van der Waals surface area contributed by atoms with Gasteiger partial charge in [-0.2, -0.15) is 0 Å². The van der Waals surface area contributed by atoms with Gasteiger partial charge in [0.25, 0.3) is 0 Å². The van der Waals surface area contributed by atoms with Gasteiger partial charge < -0.3 is 10.5 Å². The lowest BCUT2D eigenvalue weighted by atomic mass is 9.84. The van der Waals surface area contributed by atoms with Gasteiger partial charge in [-0.3, -0.25) is 0 Å². The number of nitrogens with one attached hydrogen (secondary N) is 1. The summed E-state index contributed by atoms with van der Waals surface area (Å²) in [6.07, 6.45) is 6.33. The maximum absolute atomic E-state index is 11.9. The molecule has 0 aromatic rings. The van der Waals surface area contributed by atoms with E-state index < -0.39 is 10.0 Å². The van der Waals surface area contributed by atoms with Crippen molar-refractivity contribution in [2.45, 2.75) is 44.6 Å². The molecule has 1 atom stereocenters. The Kier molecular flexibility index (Phi) is 10.00. The van der Waals surface area contributed by atoms with Crippen molar-refractivity contribution in [2.24, 2.45) is 11.7 Å². The van der Waals surface area contributed by atoms with Crippen LogP contribution in [-0.2, 0) is 14.8 Å². The quantitative estimate of drug-likeness (QED) is 0.661. The van der Waals surface area contributed by atoms with Crippen molar-refractivity contribution in [3.8, 4) is 0 Å². The zero-order chi connectivity index (χ0) is 13.4. The molecule has 0 aromatic heterocycles. The molecule has 0 radical (unpaired) electrons. The van der Waals surface area contributed by atoms with Gasteiger partial charge in [0.05, 0.1) is 5.75 Å². The molecule has 1 aliphatic rings. The summed E-state index contributed by atoms with van der Waals surface area (Å²) in [6, 6.07) is -0.0992. The fourth-order valence-corrected chi connectivity index (χ4v) is 3.92. The van der Waals surface area contributed by atoms with Crippen LogP contribution in [0.4, 0.5) is 0 Å². The van der Waals surface area contributed by atoms with Gasteiger partial charge in [-0.25, -0.2) is 13.1 Å². The van der Waals surface area contributed by atoms with Crippen LogP contribution in [0.25, 0.3) is 0 Å². The van der Waals surface area contributed by atoms with Crippen LogP contribution in [-0.4, -0.2) is 40.5 Å². The Balaban J connectivity index is 0.00000324. The van der Waals surface area contributed by atoms with Crippen LogP contribution >= 0.6 is 12.4 Å². The fourth-order valence-electron chi connectivity index (χ4n) is 2.56. The first-order valence-corrected chi connectivity index (χ1v) is 8.43. The molecular weight excluding hydrogens is 288 g/mol. The predicted molar refractivity (Wildman–Crippen MR) is 80.1 cm³/mol. The lowest BCUT2D eigenvalue weighted by molar-refractivity contribution is 0.199. The van der Waals surface area contributed by atoms with E-state index in [1.807, 2.05) is 0 Å². The van der Waals surface area contributed by atoms with E-state index in [1.165, 1.54) is 19.3 Å². The summed E-state index contributed by atoms with van der Waals surface area (Å²) < 4.78 is 31.4. The highest BCUT2D eigenvalue weighted by atomic mass is 35.5.